The van der Waals surface area contributed by atoms with Crippen LogP contribution in [0, 0.1) is 27.9 Å². The number of benzene rings is 1. The molecule has 0 saturated heterocycles. The van der Waals surface area contributed by atoms with Gasteiger partial charge in [0, 0.05) is 5.92 Å². The van der Waals surface area contributed by atoms with Crippen LogP contribution in [0.2, 0.25) is 0 Å². The third kappa shape index (κ3) is 3.42. The van der Waals surface area contributed by atoms with E-state index in [9.17, 15) is 14.9 Å². The van der Waals surface area contributed by atoms with Crippen molar-refractivity contribution in [3.63, 3.8) is 0 Å². The summed E-state index contributed by atoms with van der Waals surface area (Å²) in [6.45, 7) is 0. The molecule has 8 heteroatoms. The summed E-state index contributed by atoms with van der Waals surface area (Å²) < 4.78 is 10.2. The van der Waals surface area contributed by atoms with Gasteiger partial charge in [-0.15, -0.1) is 0 Å². The molecule has 2 fully saturated rings. The molecule has 134 valence electrons. The Morgan fingerprint density at radius 2 is 1.84 bits per heavy atom. The van der Waals surface area contributed by atoms with Gasteiger partial charge in [-0.2, -0.15) is 5.10 Å². The monoisotopic (exact) mass is 347 g/mol. The quantitative estimate of drug-likeness (QED) is 0.484. The van der Waals surface area contributed by atoms with Crippen LogP contribution in [0.4, 0.5) is 5.69 Å². The maximum Gasteiger partial charge on any atom is 0.282 e. The van der Waals surface area contributed by atoms with Crippen LogP contribution in [-0.2, 0) is 4.79 Å². The lowest BCUT2D eigenvalue weighted by molar-refractivity contribution is -0.385. The molecule has 8 nitrogen and oxygen atoms in total. The number of hydrogen-bond acceptors (Lipinski definition) is 6. The Labute approximate surface area is 145 Å². The summed E-state index contributed by atoms with van der Waals surface area (Å²) >= 11 is 0. The molecule has 1 aromatic rings. The van der Waals surface area contributed by atoms with Crippen molar-refractivity contribution in [1.82, 2.24) is 5.43 Å². The number of hydrazone groups is 1. The van der Waals surface area contributed by atoms with Crippen molar-refractivity contribution in [3.05, 3.63) is 27.8 Å². The minimum atomic E-state index is -0.527. The number of nitrogens with one attached hydrogen (secondary N) is 1. The lowest BCUT2D eigenvalue weighted by Gasteiger charge is -2.08. The summed E-state index contributed by atoms with van der Waals surface area (Å²) in [4.78, 5) is 22.9. The van der Waals surface area contributed by atoms with Gasteiger partial charge in [0.2, 0.25) is 5.91 Å². The van der Waals surface area contributed by atoms with E-state index in [1.807, 2.05) is 0 Å². The molecule has 0 heterocycles. The van der Waals surface area contributed by atoms with Crippen molar-refractivity contribution in [2.45, 2.75) is 25.7 Å². The van der Waals surface area contributed by atoms with Gasteiger partial charge in [-0.3, -0.25) is 14.9 Å². The number of carbonyl (C=O) groups excluding carboxylic acids is 1. The third-order valence-corrected chi connectivity index (χ3v) is 5.07. The number of nitro groups is 1. The van der Waals surface area contributed by atoms with Crippen LogP contribution in [0.1, 0.15) is 31.2 Å². The lowest BCUT2D eigenvalue weighted by atomic mass is 10.0. The van der Waals surface area contributed by atoms with E-state index in [0.29, 0.717) is 17.6 Å². The number of nitrogens with zero attached hydrogens (tertiary/aromatic N) is 2. The second kappa shape index (κ2) is 7.08. The van der Waals surface area contributed by atoms with Crippen molar-refractivity contribution in [2.24, 2.45) is 22.9 Å². The van der Waals surface area contributed by atoms with Gasteiger partial charge in [0.15, 0.2) is 11.5 Å². The van der Waals surface area contributed by atoms with Crippen LogP contribution in [0.5, 0.6) is 11.5 Å². The number of carbonyl (C=O) groups is 1. The average molecular weight is 347 g/mol. The topological polar surface area (TPSA) is 103 Å². The zero-order chi connectivity index (χ0) is 18.0. The van der Waals surface area contributed by atoms with Gasteiger partial charge >= 0.3 is 0 Å². The summed E-state index contributed by atoms with van der Waals surface area (Å²) in [5, 5.41) is 15.1. The molecule has 0 unspecified atom stereocenters. The van der Waals surface area contributed by atoms with Crippen LogP contribution in [0.3, 0.4) is 0 Å². The second-order valence-electron chi connectivity index (χ2n) is 6.40. The molecule has 1 N–H and O–H groups in total. The van der Waals surface area contributed by atoms with E-state index in [1.54, 1.807) is 0 Å². The predicted molar refractivity (Wildman–Crippen MR) is 90.9 cm³/mol. The molecule has 1 aromatic carbocycles. The smallest absolute Gasteiger partial charge is 0.282 e. The summed E-state index contributed by atoms with van der Waals surface area (Å²) in [7, 11) is 2.85. The summed E-state index contributed by atoms with van der Waals surface area (Å²) in [5.74, 6) is 1.53. The highest BCUT2D eigenvalue weighted by Gasteiger charge is 2.54. The number of nitro benzene ring substituents is 1. The van der Waals surface area contributed by atoms with Crippen LogP contribution < -0.4 is 14.9 Å². The Balaban J connectivity index is 1.72. The average Bonchev–Trinajstić information content (AvgIpc) is 3.35. The molecular formula is C17H21N3O5. The first-order valence-corrected chi connectivity index (χ1v) is 8.30. The van der Waals surface area contributed by atoms with Crippen LogP contribution in [0.15, 0.2) is 17.2 Å². The van der Waals surface area contributed by atoms with Gasteiger partial charge in [-0.05, 0) is 30.7 Å². The molecule has 0 bridgehead atoms. The predicted octanol–water partition coefficient (Wildman–Crippen LogP) is 2.50. The highest BCUT2D eigenvalue weighted by atomic mass is 16.6. The molecule has 0 aliphatic heterocycles. The number of rotatable bonds is 6. The third-order valence-electron chi connectivity index (χ3n) is 5.07. The van der Waals surface area contributed by atoms with E-state index in [-0.39, 0.29) is 28.8 Å². The molecule has 3 rings (SSSR count). The van der Waals surface area contributed by atoms with Crippen LogP contribution in [0.25, 0.3) is 0 Å². The van der Waals surface area contributed by atoms with E-state index in [0.717, 1.165) is 12.8 Å². The number of fused-ring (bicyclic) bond motifs is 1. The van der Waals surface area contributed by atoms with E-state index in [2.05, 4.69) is 10.5 Å². The molecule has 0 radical (unpaired) electrons. The van der Waals surface area contributed by atoms with Gasteiger partial charge in [-0.1, -0.05) is 12.8 Å². The van der Waals surface area contributed by atoms with Crippen molar-refractivity contribution in [2.75, 3.05) is 14.2 Å². The number of hydrogen-bond donors (Lipinski definition) is 1. The van der Waals surface area contributed by atoms with Crippen LogP contribution >= 0.6 is 0 Å². The maximum absolute atomic E-state index is 12.2. The molecule has 2 saturated carbocycles. The normalized spacial score (nSPS) is 24.5. The zero-order valence-electron chi connectivity index (χ0n) is 14.2. The Morgan fingerprint density at radius 3 is 2.40 bits per heavy atom. The maximum atomic E-state index is 12.2. The Morgan fingerprint density at radius 1 is 1.24 bits per heavy atom. The summed E-state index contributed by atoms with van der Waals surface area (Å²) in [5.41, 5.74) is 2.58. The summed E-state index contributed by atoms with van der Waals surface area (Å²) in [6, 6.07) is 2.74. The molecular weight excluding hydrogens is 326 g/mol. The van der Waals surface area contributed by atoms with Gasteiger partial charge in [0.1, 0.15) is 0 Å². The van der Waals surface area contributed by atoms with E-state index in [4.69, 9.17) is 9.47 Å². The molecule has 2 aliphatic rings. The first-order valence-electron chi connectivity index (χ1n) is 8.30. The Kier molecular flexibility index (Phi) is 4.87. The fraction of sp³-hybridized carbons (Fsp3) is 0.529. The largest absolute Gasteiger partial charge is 0.493 e. The molecule has 0 aromatic heterocycles. The van der Waals surface area contributed by atoms with E-state index < -0.39 is 4.92 Å². The highest BCUT2D eigenvalue weighted by molar-refractivity contribution is 5.89. The van der Waals surface area contributed by atoms with Crippen molar-refractivity contribution in [1.29, 1.82) is 0 Å². The highest BCUT2D eigenvalue weighted by Crippen LogP contribution is 2.55. The van der Waals surface area contributed by atoms with E-state index in [1.165, 1.54) is 45.4 Å². The Bertz CT molecular complexity index is 706. The molecule has 2 aliphatic carbocycles. The molecule has 1 amide bonds. The van der Waals surface area contributed by atoms with Crippen molar-refractivity contribution in [3.8, 4) is 11.5 Å². The SMILES string of the molecule is COc1cc(/C=N\NC(=O)C2[C@@H]3CCCC[C@@H]23)c([N+](=O)[O-])cc1OC. The van der Waals surface area contributed by atoms with E-state index >= 15 is 0 Å². The number of amides is 1. The minimum Gasteiger partial charge on any atom is -0.493 e. The Hall–Kier alpha value is -2.64. The zero-order valence-corrected chi connectivity index (χ0v) is 14.2. The standard InChI is InChI=1S/C17H21N3O5/c1-24-14-7-10(13(20(22)23)8-15(14)25-2)9-18-19-17(21)16-11-5-3-4-6-12(11)16/h7-9,11-12,16H,3-6H2,1-2H3,(H,19,21)/b18-9-/t11-,12-/m1/s1. The van der Waals surface area contributed by atoms with Gasteiger partial charge in [0.05, 0.1) is 37.0 Å². The van der Waals surface area contributed by atoms with Gasteiger partial charge in [0.25, 0.3) is 5.69 Å². The van der Waals surface area contributed by atoms with Gasteiger partial charge < -0.3 is 9.47 Å². The number of ether oxygens (including phenoxy) is 2. The van der Waals surface area contributed by atoms with Crippen LogP contribution in [-0.4, -0.2) is 31.3 Å². The second-order valence-corrected chi connectivity index (χ2v) is 6.40. The molecule has 2 atom stereocenters. The van der Waals surface area contributed by atoms with Crippen molar-refractivity contribution < 1.29 is 19.2 Å². The fourth-order valence-electron chi connectivity index (χ4n) is 3.77. The fourth-order valence-corrected chi connectivity index (χ4v) is 3.77. The summed E-state index contributed by atoms with van der Waals surface area (Å²) in [6.07, 6.45) is 5.85. The number of methoxy groups -OCH3 is 2. The van der Waals surface area contributed by atoms with Gasteiger partial charge in [-0.25, -0.2) is 5.43 Å². The molecule has 0 spiro atoms. The lowest BCUT2D eigenvalue weighted by Crippen LogP contribution is -2.21. The minimum absolute atomic E-state index is 0.0417. The first kappa shape index (κ1) is 17.2. The van der Waals surface area contributed by atoms with Crippen molar-refractivity contribution >= 4 is 17.8 Å². The first-order chi connectivity index (χ1) is 12.1. The molecule has 25 heavy (non-hydrogen) atoms.